The highest BCUT2D eigenvalue weighted by molar-refractivity contribution is 9.10. The van der Waals surface area contributed by atoms with Crippen molar-refractivity contribution < 1.29 is 4.39 Å². The summed E-state index contributed by atoms with van der Waals surface area (Å²) in [4.78, 5) is 0.411. The number of halogens is 4. The minimum atomic E-state index is -0.306. The van der Waals surface area contributed by atoms with Gasteiger partial charge < -0.3 is 0 Å². The van der Waals surface area contributed by atoms with Crippen molar-refractivity contribution in [2.24, 2.45) is 5.92 Å². The maximum Gasteiger partial charge on any atom is 0.146 e. The first-order valence-electron chi connectivity index (χ1n) is 5.20. The summed E-state index contributed by atoms with van der Waals surface area (Å²) in [5, 5.41) is 0.174. The van der Waals surface area contributed by atoms with Crippen LogP contribution in [0.15, 0.2) is 16.6 Å². The lowest BCUT2D eigenvalue weighted by Gasteiger charge is -2.14. The Bertz CT molecular complexity index is 366. The van der Waals surface area contributed by atoms with E-state index in [0.717, 1.165) is 6.42 Å². The SMILES string of the molecule is CC(C)C(Br)CCc1ccc(Br)c(Cl)c1F. The van der Waals surface area contributed by atoms with Crippen molar-refractivity contribution in [1.29, 1.82) is 0 Å². The molecule has 4 heteroatoms. The van der Waals surface area contributed by atoms with Gasteiger partial charge in [0, 0.05) is 9.30 Å². The molecule has 0 N–H and O–H groups in total. The molecule has 1 aromatic carbocycles. The molecule has 0 aliphatic rings. The van der Waals surface area contributed by atoms with Gasteiger partial charge in [0.2, 0.25) is 0 Å². The van der Waals surface area contributed by atoms with Crippen LogP contribution in [0, 0.1) is 11.7 Å². The number of rotatable bonds is 4. The van der Waals surface area contributed by atoms with Gasteiger partial charge in [-0.05, 0) is 46.3 Å². The minimum absolute atomic E-state index is 0.174. The van der Waals surface area contributed by atoms with Crippen LogP contribution in [0.1, 0.15) is 25.8 Å². The van der Waals surface area contributed by atoms with Crippen LogP contribution in [0.3, 0.4) is 0 Å². The van der Waals surface area contributed by atoms with Crippen LogP contribution in [0.25, 0.3) is 0 Å². The second-order valence-electron chi connectivity index (χ2n) is 4.13. The highest BCUT2D eigenvalue weighted by Gasteiger charge is 2.13. The summed E-state index contributed by atoms with van der Waals surface area (Å²) in [6.45, 7) is 4.29. The van der Waals surface area contributed by atoms with Crippen LogP contribution < -0.4 is 0 Å². The fourth-order valence-corrected chi connectivity index (χ4v) is 2.11. The predicted octanol–water partition coefficient (Wildman–Crippen LogP) is 5.59. The topological polar surface area (TPSA) is 0 Å². The van der Waals surface area contributed by atoms with Gasteiger partial charge in [0.05, 0.1) is 5.02 Å². The molecule has 0 bridgehead atoms. The van der Waals surface area contributed by atoms with Crippen molar-refractivity contribution in [3.8, 4) is 0 Å². The summed E-state index contributed by atoms with van der Waals surface area (Å²) in [5.74, 6) is 0.244. The maximum atomic E-state index is 13.7. The summed E-state index contributed by atoms with van der Waals surface area (Å²) in [7, 11) is 0. The van der Waals surface area contributed by atoms with E-state index < -0.39 is 0 Å². The summed E-state index contributed by atoms with van der Waals surface area (Å²) in [6, 6.07) is 3.57. The third-order valence-electron chi connectivity index (χ3n) is 2.53. The van der Waals surface area contributed by atoms with Gasteiger partial charge in [0.15, 0.2) is 0 Å². The molecule has 0 aliphatic heterocycles. The number of aryl methyl sites for hydroxylation is 1. The van der Waals surface area contributed by atoms with Crippen LogP contribution in [0.5, 0.6) is 0 Å². The highest BCUT2D eigenvalue weighted by Crippen LogP contribution is 2.29. The highest BCUT2D eigenvalue weighted by atomic mass is 79.9. The van der Waals surface area contributed by atoms with E-state index in [0.29, 0.717) is 27.2 Å². The Hall–Kier alpha value is 0.400. The fraction of sp³-hybridized carbons (Fsp3) is 0.500. The molecule has 1 aromatic rings. The third kappa shape index (κ3) is 3.71. The van der Waals surface area contributed by atoms with Crippen molar-refractivity contribution in [2.75, 3.05) is 0 Å². The molecule has 1 rings (SSSR count). The molecule has 0 saturated carbocycles. The van der Waals surface area contributed by atoms with E-state index in [9.17, 15) is 4.39 Å². The molecule has 1 atom stereocenters. The molecular weight excluding hydrogens is 358 g/mol. The van der Waals surface area contributed by atoms with E-state index in [2.05, 4.69) is 45.7 Å². The third-order valence-corrected chi connectivity index (χ3v) is 5.30. The molecule has 90 valence electrons. The van der Waals surface area contributed by atoms with Gasteiger partial charge in [-0.1, -0.05) is 47.4 Å². The van der Waals surface area contributed by atoms with Crippen molar-refractivity contribution in [3.05, 3.63) is 33.0 Å². The average molecular weight is 373 g/mol. The van der Waals surface area contributed by atoms with Gasteiger partial charge in [-0.2, -0.15) is 0 Å². The van der Waals surface area contributed by atoms with Crippen molar-refractivity contribution in [3.63, 3.8) is 0 Å². The number of hydrogen-bond donors (Lipinski definition) is 0. The van der Waals surface area contributed by atoms with Crippen LogP contribution in [-0.2, 0) is 6.42 Å². The number of hydrogen-bond acceptors (Lipinski definition) is 0. The Morgan fingerprint density at radius 1 is 1.38 bits per heavy atom. The van der Waals surface area contributed by atoms with Crippen molar-refractivity contribution >= 4 is 43.5 Å². The van der Waals surface area contributed by atoms with Crippen LogP contribution in [0.4, 0.5) is 4.39 Å². The molecule has 1 unspecified atom stereocenters. The van der Waals surface area contributed by atoms with E-state index in [4.69, 9.17) is 11.6 Å². The Morgan fingerprint density at radius 2 is 2.00 bits per heavy atom. The Morgan fingerprint density at radius 3 is 2.56 bits per heavy atom. The van der Waals surface area contributed by atoms with Crippen LogP contribution in [0.2, 0.25) is 5.02 Å². The Kier molecular flexibility index (Phi) is 5.75. The number of alkyl halides is 1. The number of benzene rings is 1. The lowest BCUT2D eigenvalue weighted by Crippen LogP contribution is -2.08. The van der Waals surface area contributed by atoms with E-state index in [1.165, 1.54) is 0 Å². The van der Waals surface area contributed by atoms with Gasteiger partial charge in [-0.3, -0.25) is 0 Å². The maximum absolute atomic E-state index is 13.7. The quantitative estimate of drug-likeness (QED) is 0.477. The van der Waals surface area contributed by atoms with Gasteiger partial charge >= 0.3 is 0 Å². The molecular formula is C12H14Br2ClF. The first-order chi connectivity index (χ1) is 7.43. The zero-order chi connectivity index (χ0) is 12.3. The minimum Gasteiger partial charge on any atom is -0.205 e. The summed E-state index contributed by atoms with van der Waals surface area (Å²) < 4.78 is 14.3. The van der Waals surface area contributed by atoms with Gasteiger partial charge in [0.25, 0.3) is 0 Å². The molecule has 0 heterocycles. The molecule has 0 radical (unpaired) electrons. The largest absolute Gasteiger partial charge is 0.205 e. The molecule has 0 spiro atoms. The van der Waals surface area contributed by atoms with Crippen molar-refractivity contribution in [2.45, 2.75) is 31.5 Å². The van der Waals surface area contributed by atoms with Crippen molar-refractivity contribution in [1.82, 2.24) is 0 Å². The molecule has 0 fully saturated rings. The first kappa shape index (κ1) is 14.5. The summed E-state index contributed by atoms with van der Waals surface area (Å²) in [5.41, 5.74) is 0.679. The second kappa shape index (κ2) is 6.36. The summed E-state index contributed by atoms with van der Waals surface area (Å²) >= 11 is 12.6. The molecule has 0 aliphatic carbocycles. The first-order valence-corrected chi connectivity index (χ1v) is 7.28. The zero-order valence-corrected chi connectivity index (χ0v) is 13.2. The Labute approximate surface area is 118 Å². The van der Waals surface area contributed by atoms with E-state index in [1.54, 1.807) is 12.1 Å². The lowest BCUT2D eigenvalue weighted by molar-refractivity contribution is 0.562. The molecule has 0 nitrogen and oxygen atoms in total. The second-order valence-corrected chi connectivity index (χ2v) is 6.54. The monoisotopic (exact) mass is 370 g/mol. The van der Waals surface area contributed by atoms with Crippen LogP contribution in [-0.4, -0.2) is 4.83 Å². The van der Waals surface area contributed by atoms with Crippen LogP contribution >= 0.6 is 43.5 Å². The molecule has 0 aromatic heterocycles. The van der Waals surface area contributed by atoms with E-state index >= 15 is 0 Å². The molecule has 16 heavy (non-hydrogen) atoms. The normalized spacial score (nSPS) is 13.2. The van der Waals surface area contributed by atoms with E-state index in [1.807, 2.05) is 0 Å². The molecule has 0 saturated heterocycles. The lowest BCUT2D eigenvalue weighted by atomic mass is 10.0. The average Bonchev–Trinajstić information content (AvgIpc) is 2.24. The van der Waals surface area contributed by atoms with Gasteiger partial charge in [-0.15, -0.1) is 0 Å². The summed E-state index contributed by atoms with van der Waals surface area (Å²) in [6.07, 6.45) is 1.61. The van der Waals surface area contributed by atoms with Gasteiger partial charge in [-0.25, -0.2) is 4.39 Å². The zero-order valence-electron chi connectivity index (χ0n) is 9.24. The van der Waals surface area contributed by atoms with E-state index in [-0.39, 0.29) is 10.8 Å². The standard InChI is InChI=1S/C12H14Br2ClF/c1-7(2)9(13)5-3-8-4-6-10(14)11(15)12(8)16/h4,6-7,9H,3,5H2,1-2H3. The fourth-order valence-electron chi connectivity index (χ4n) is 1.39. The van der Waals surface area contributed by atoms with Gasteiger partial charge in [0.1, 0.15) is 5.82 Å². The molecule has 0 amide bonds. The Balaban J connectivity index is 2.72. The predicted molar refractivity (Wildman–Crippen MR) is 75.0 cm³/mol. The smallest absolute Gasteiger partial charge is 0.146 e.